The van der Waals surface area contributed by atoms with Crippen molar-refractivity contribution >= 4 is 17.4 Å². The number of amides is 1. The maximum Gasteiger partial charge on any atom is 0.238 e. The summed E-state index contributed by atoms with van der Waals surface area (Å²) >= 11 is 0. The number of benzene rings is 2. The lowest BCUT2D eigenvalue weighted by molar-refractivity contribution is -0.117. The normalized spacial score (nSPS) is 13.5. The monoisotopic (exact) mass is 352 g/mol. The van der Waals surface area contributed by atoms with Gasteiger partial charge in [0.05, 0.1) is 13.7 Å². The van der Waals surface area contributed by atoms with E-state index >= 15 is 0 Å². The Balaban J connectivity index is 1.65. The Labute approximate surface area is 154 Å². The molecule has 0 aromatic heterocycles. The molecule has 1 saturated carbocycles. The van der Waals surface area contributed by atoms with Gasteiger partial charge >= 0.3 is 0 Å². The number of rotatable bonds is 8. The van der Waals surface area contributed by atoms with Crippen molar-refractivity contribution in [1.82, 2.24) is 4.90 Å². The molecule has 2 aromatic rings. The van der Waals surface area contributed by atoms with Crippen LogP contribution in [-0.4, -0.2) is 36.3 Å². The van der Waals surface area contributed by atoms with Crippen LogP contribution in [0.2, 0.25) is 0 Å². The van der Waals surface area contributed by atoms with E-state index in [4.69, 9.17) is 4.74 Å². The fourth-order valence-electron chi connectivity index (χ4n) is 3.01. The lowest BCUT2D eigenvalue weighted by Gasteiger charge is -2.22. The number of methoxy groups -OCH3 is 1. The van der Waals surface area contributed by atoms with Crippen LogP contribution in [0.15, 0.2) is 48.5 Å². The van der Waals surface area contributed by atoms with E-state index in [-0.39, 0.29) is 11.7 Å². The maximum absolute atomic E-state index is 12.5. The number of nitrogens with one attached hydrogen (secondary N) is 1. The third-order valence-electron chi connectivity index (χ3n) is 4.53. The number of Topliss-reactive ketones (excluding diaryl/α,β-unsaturated/α-hetero) is 1. The lowest BCUT2D eigenvalue weighted by atomic mass is 10.1. The van der Waals surface area contributed by atoms with E-state index in [1.54, 1.807) is 31.4 Å². The zero-order valence-electron chi connectivity index (χ0n) is 15.2. The van der Waals surface area contributed by atoms with Gasteiger partial charge in [0.15, 0.2) is 5.78 Å². The standard InChI is InChI=1S/C21H24N2O3/c1-15(24)16-7-5-8-18(12-16)22-21(25)14-23(19-10-11-19)13-17-6-3-4-9-20(17)26-2/h3-9,12,19H,10-11,13-14H2,1-2H3,(H,22,25). The highest BCUT2D eigenvalue weighted by Gasteiger charge is 2.30. The SMILES string of the molecule is COc1ccccc1CN(CC(=O)Nc1cccc(C(C)=O)c1)C1CC1. The van der Waals surface area contributed by atoms with Gasteiger partial charge in [-0.05, 0) is 38.0 Å². The summed E-state index contributed by atoms with van der Waals surface area (Å²) in [6, 6.07) is 15.4. The fraction of sp³-hybridized carbons (Fsp3) is 0.333. The molecule has 0 spiro atoms. The van der Waals surface area contributed by atoms with Gasteiger partial charge in [-0.15, -0.1) is 0 Å². The van der Waals surface area contributed by atoms with E-state index in [1.165, 1.54) is 6.92 Å². The highest BCUT2D eigenvalue weighted by Crippen LogP contribution is 2.30. The smallest absolute Gasteiger partial charge is 0.238 e. The third kappa shape index (κ3) is 4.70. The van der Waals surface area contributed by atoms with Crippen LogP contribution in [0.5, 0.6) is 5.75 Å². The van der Waals surface area contributed by atoms with Crippen molar-refractivity contribution in [3.8, 4) is 5.75 Å². The Morgan fingerprint density at radius 3 is 2.62 bits per heavy atom. The molecule has 1 N–H and O–H groups in total. The molecule has 0 heterocycles. The van der Waals surface area contributed by atoms with E-state index in [2.05, 4.69) is 10.2 Å². The van der Waals surface area contributed by atoms with Crippen LogP contribution in [-0.2, 0) is 11.3 Å². The van der Waals surface area contributed by atoms with Gasteiger partial charge in [0.1, 0.15) is 5.75 Å². The second-order valence-electron chi connectivity index (χ2n) is 6.63. The molecule has 3 rings (SSSR count). The highest BCUT2D eigenvalue weighted by molar-refractivity contribution is 5.97. The number of nitrogens with zero attached hydrogens (tertiary/aromatic N) is 1. The molecular weight excluding hydrogens is 328 g/mol. The summed E-state index contributed by atoms with van der Waals surface area (Å²) < 4.78 is 5.42. The first-order valence-corrected chi connectivity index (χ1v) is 8.83. The van der Waals surface area contributed by atoms with Gasteiger partial charge in [-0.3, -0.25) is 14.5 Å². The average Bonchev–Trinajstić information content (AvgIpc) is 3.47. The van der Waals surface area contributed by atoms with Gasteiger partial charge in [-0.1, -0.05) is 30.3 Å². The molecule has 0 unspecified atom stereocenters. The number of hydrogen-bond donors (Lipinski definition) is 1. The van der Waals surface area contributed by atoms with Crippen molar-refractivity contribution in [2.45, 2.75) is 32.4 Å². The van der Waals surface area contributed by atoms with Crippen LogP contribution >= 0.6 is 0 Å². The summed E-state index contributed by atoms with van der Waals surface area (Å²) in [6.45, 7) is 2.51. The summed E-state index contributed by atoms with van der Waals surface area (Å²) in [6.07, 6.45) is 2.23. The van der Waals surface area contributed by atoms with E-state index < -0.39 is 0 Å². The van der Waals surface area contributed by atoms with E-state index in [1.807, 2.05) is 24.3 Å². The molecule has 0 atom stereocenters. The van der Waals surface area contributed by atoms with Gasteiger partial charge < -0.3 is 10.1 Å². The Bertz CT molecular complexity index is 799. The number of ketones is 1. The van der Waals surface area contributed by atoms with Crippen LogP contribution < -0.4 is 10.1 Å². The van der Waals surface area contributed by atoms with Gasteiger partial charge in [-0.2, -0.15) is 0 Å². The summed E-state index contributed by atoms with van der Waals surface area (Å²) in [4.78, 5) is 26.2. The van der Waals surface area contributed by atoms with Crippen molar-refractivity contribution in [1.29, 1.82) is 0 Å². The van der Waals surface area contributed by atoms with Crippen molar-refractivity contribution in [3.63, 3.8) is 0 Å². The number of hydrogen-bond acceptors (Lipinski definition) is 4. The molecule has 0 saturated heterocycles. The molecule has 0 radical (unpaired) electrons. The van der Waals surface area contributed by atoms with E-state index in [0.29, 0.717) is 30.4 Å². The zero-order chi connectivity index (χ0) is 18.5. The van der Waals surface area contributed by atoms with Gasteiger partial charge in [0.2, 0.25) is 5.91 Å². The number of ether oxygens (including phenoxy) is 1. The minimum atomic E-state index is -0.0764. The summed E-state index contributed by atoms with van der Waals surface area (Å²) in [7, 11) is 1.66. The van der Waals surface area contributed by atoms with Crippen LogP contribution in [0, 0.1) is 0 Å². The minimum Gasteiger partial charge on any atom is -0.496 e. The number of carbonyl (C=O) groups is 2. The fourth-order valence-corrected chi connectivity index (χ4v) is 3.01. The molecule has 2 aromatic carbocycles. The Kier molecular flexibility index (Phi) is 5.68. The first-order chi connectivity index (χ1) is 12.6. The Morgan fingerprint density at radius 2 is 1.92 bits per heavy atom. The van der Waals surface area contributed by atoms with E-state index in [9.17, 15) is 9.59 Å². The summed E-state index contributed by atoms with van der Waals surface area (Å²) in [5, 5.41) is 2.90. The lowest BCUT2D eigenvalue weighted by Crippen LogP contribution is -2.34. The van der Waals surface area contributed by atoms with Gasteiger partial charge in [0.25, 0.3) is 0 Å². The van der Waals surface area contributed by atoms with Gasteiger partial charge in [0, 0.05) is 29.4 Å². The molecule has 0 bridgehead atoms. The topological polar surface area (TPSA) is 58.6 Å². The molecule has 5 nitrogen and oxygen atoms in total. The molecular formula is C21H24N2O3. The summed E-state index contributed by atoms with van der Waals surface area (Å²) in [5.74, 6) is 0.747. The van der Waals surface area contributed by atoms with Crippen molar-refractivity contribution < 1.29 is 14.3 Å². The molecule has 0 aliphatic heterocycles. The second kappa shape index (κ2) is 8.15. The maximum atomic E-state index is 12.5. The third-order valence-corrected chi connectivity index (χ3v) is 4.53. The van der Waals surface area contributed by atoms with E-state index in [0.717, 1.165) is 24.2 Å². The number of carbonyl (C=O) groups excluding carboxylic acids is 2. The highest BCUT2D eigenvalue weighted by atomic mass is 16.5. The number of para-hydroxylation sites is 1. The van der Waals surface area contributed by atoms with Crippen LogP contribution in [0.4, 0.5) is 5.69 Å². The van der Waals surface area contributed by atoms with Crippen LogP contribution in [0.1, 0.15) is 35.7 Å². The predicted octanol–water partition coefficient (Wildman–Crippen LogP) is 3.50. The molecule has 1 aliphatic rings. The average molecular weight is 352 g/mol. The Hall–Kier alpha value is -2.66. The minimum absolute atomic E-state index is 0.0168. The zero-order valence-corrected chi connectivity index (χ0v) is 15.2. The molecule has 1 fully saturated rings. The van der Waals surface area contributed by atoms with Crippen molar-refractivity contribution in [2.24, 2.45) is 0 Å². The quantitative estimate of drug-likeness (QED) is 0.739. The van der Waals surface area contributed by atoms with Crippen molar-refractivity contribution in [2.75, 3.05) is 19.0 Å². The van der Waals surface area contributed by atoms with Crippen molar-refractivity contribution in [3.05, 3.63) is 59.7 Å². The first kappa shape index (κ1) is 18.1. The van der Waals surface area contributed by atoms with Crippen LogP contribution in [0.3, 0.4) is 0 Å². The molecule has 5 heteroatoms. The molecule has 136 valence electrons. The second-order valence-corrected chi connectivity index (χ2v) is 6.63. The Morgan fingerprint density at radius 1 is 1.15 bits per heavy atom. The predicted molar refractivity (Wildman–Crippen MR) is 102 cm³/mol. The first-order valence-electron chi connectivity index (χ1n) is 8.83. The largest absolute Gasteiger partial charge is 0.496 e. The van der Waals surface area contributed by atoms with Gasteiger partial charge in [-0.25, -0.2) is 0 Å². The van der Waals surface area contributed by atoms with Crippen LogP contribution in [0.25, 0.3) is 0 Å². The summed E-state index contributed by atoms with van der Waals surface area (Å²) in [5.41, 5.74) is 2.32. The molecule has 1 amide bonds. The molecule has 26 heavy (non-hydrogen) atoms. The number of anilines is 1. The molecule has 1 aliphatic carbocycles.